The first-order chi connectivity index (χ1) is 10.7. The van der Waals surface area contributed by atoms with E-state index in [1.807, 2.05) is 0 Å². The molecule has 5 nitrogen and oxygen atoms in total. The largest absolute Gasteiger partial charge is 0.416 e. The minimum atomic E-state index is -4.42. The Bertz CT molecular complexity index is 685. The second-order valence-electron chi connectivity index (χ2n) is 5.44. The number of nitrogens with zero attached hydrogens (tertiary/aromatic N) is 4. The third-order valence-corrected chi connectivity index (χ3v) is 3.29. The number of halogens is 3. The standard InChI is InChI=1S/C15H18F3N5/c1-22(2)8-10-4-5-11(6-12(10)15(16,17)18)23(3)14-7-13(19)20-9-21-14/h4-7,9H,8H2,1-3H3,(H2,19,20,21). The average molecular weight is 325 g/mol. The first-order valence-electron chi connectivity index (χ1n) is 6.84. The fraction of sp³-hybridized carbons (Fsp3) is 0.333. The molecule has 0 aliphatic heterocycles. The molecular weight excluding hydrogens is 307 g/mol. The number of anilines is 3. The molecule has 0 spiro atoms. The van der Waals surface area contributed by atoms with Gasteiger partial charge in [-0.3, -0.25) is 0 Å². The van der Waals surface area contributed by atoms with Crippen molar-refractivity contribution in [1.29, 1.82) is 0 Å². The number of aromatic nitrogens is 2. The lowest BCUT2D eigenvalue weighted by Gasteiger charge is -2.22. The maximum atomic E-state index is 13.3. The van der Waals surface area contributed by atoms with Crippen LogP contribution in [0.4, 0.5) is 30.5 Å². The summed E-state index contributed by atoms with van der Waals surface area (Å²) in [5.74, 6) is 0.674. The van der Waals surface area contributed by atoms with Gasteiger partial charge in [0.25, 0.3) is 0 Å². The van der Waals surface area contributed by atoms with Gasteiger partial charge in [0.2, 0.25) is 0 Å². The zero-order valence-corrected chi connectivity index (χ0v) is 13.1. The summed E-state index contributed by atoms with van der Waals surface area (Å²) < 4.78 is 40.0. The molecule has 0 atom stereocenters. The van der Waals surface area contributed by atoms with Gasteiger partial charge in [0.15, 0.2) is 0 Å². The third kappa shape index (κ3) is 4.10. The molecule has 2 N–H and O–H groups in total. The summed E-state index contributed by atoms with van der Waals surface area (Å²) in [6.45, 7) is 0.208. The van der Waals surface area contributed by atoms with Crippen molar-refractivity contribution in [3.63, 3.8) is 0 Å². The molecule has 124 valence electrons. The van der Waals surface area contributed by atoms with E-state index in [9.17, 15) is 13.2 Å². The molecule has 0 saturated carbocycles. The van der Waals surface area contributed by atoms with Gasteiger partial charge in [0.05, 0.1) is 5.56 Å². The summed E-state index contributed by atoms with van der Waals surface area (Å²) >= 11 is 0. The summed E-state index contributed by atoms with van der Waals surface area (Å²) in [5, 5.41) is 0. The van der Waals surface area contributed by atoms with Crippen molar-refractivity contribution in [3.05, 3.63) is 41.7 Å². The summed E-state index contributed by atoms with van der Waals surface area (Å²) in [6.07, 6.45) is -3.15. The number of rotatable bonds is 4. The Labute approximate surface area is 132 Å². The Kier molecular flexibility index (Phi) is 4.74. The van der Waals surface area contributed by atoms with Gasteiger partial charge in [-0.15, -0.1) is 0 Å². The van der Waals surface area contributed by atoms with E-state index in [2.05, 4.69) is 9.97 Å². The number of hydrogen-bond acceptors (Lipinski definition) is 5. The Hall–Kier alpha value is -2.35. The van der Waals surface area contributed by atoms with Crippen molar-refractivity contribution in [2.24, 2.45) is 0 Å². The molecule has 0 radical (unpaired) electrons. The van der Waals surface area contributed by atoms with Crippen molar-refractivity contribution in [2.45, 2.75) is 12.7 Å². The fourth-order valence-corrected chi connectivity index (χ4v) is 2.19. The summed E-state index contributed by atoms with van der Waals surface area (Å²) in [5.41, 5.74) is 5.53. The average Bonchev–Trinajstić information content (AvgIpc) is 2.45. The molecule has 0 amide bonds. The SMILES string of the molecule is CN(C)Cc1ccc(N(C)c2cc(N)ncn2)cc1C(F)(F)F. The quantitative estimate of drug-likeness (QED) is 0.937. The molecule has 2 rings (SSSR count). The van der Waals surface area contributed by atoms with E-state index in [-0.39, 0.29) is 17.9 Å². The van der Waals surface area contributed by atoms with E-state index in [4.69, 9.17) is 5.73 Å². The lowest BCUT2D eigenvalue weighted by atomic mass is 10.0. The monoisotopic (exact) mass is 325 g/mol. The molecule has 2 aromatic rings. The summed E-state index contributed by atoms with van der Waals surface area (Å²) in [7, 11) is 5.08. The first-order valence-corrected chi connectivity index (χ1v) is 6.84. The van der Waals surface area contributed by atoms with Crippen LogP contribution in [0.3, 0.4) is 0 Å². The van der Waals surface area contributed by atoms with E-state index in [0.717, 1.165) is 6.07 Å². The molecule has 0 saturated heterocycles. The van der Waals surface area contributed by atoms with Crippen LogP contribution in [-0.4, -0.2) is 36.0 Å². The van der Waals surface area contributed by atoms with Gasteiger partial charge in [-0.25, -0.2) is 9.97 Å². The predicted octanol–water partition coefficient (Wildman–Crippen LogP) is 2.91. The Morgan fingerprint density at radius 3 is 2.35 bits per heavy atom. The van der Waals surface area contributed by atoms with Gasteiger partial charge in [0, 0.05) is 25.3 Å². The normalized spacial score (nSPS) is 11.8. The van der Waals surface area contributed by atoms with Gasteiger partial charge in [-0.05, 0) is 31.8 Å². The van der Waals surface area contributed by atoms with E-state index >= 15 is 0 Å². The minimum absolute atomic E-state index is 0.208. The van der Waals surface area contributed by atoms with E-state index in [1.54, 1.807) is 32.1 Å². The number of nitrogens with two attached hydrogens (primary N) is 1. The molecule has 1 aromatic carbocycles. The smallest absolute Gasteiger partial charge is 0.384 e. The van der Waals surface area contributed by atoms with Crippen LogP contribution in [0.25, 0.3) is 0 Å². The highest BCUT2D eigenvalue weighted by Gasteiger charge is 2.34. The van der Waals surface area contributed by atoms with Crippen molar-refractivity contribution in [2.75, 3.05) is 31.8 Å². The molecule has 1 heterocycles. The molecule has 0 bridgehead atoms. The van der Waals surface area contributed by atoms with Crippen LogP contribution in [0.15, 0.2) is 30.6 Å². The predicted molar refractivity (Wildman–Crippen MR) is 83.3 cm³/mol. The van der Waals surface area contributed by atoms with E-state index < -0.39 is 11.7 Å². The van der Waals surface area contributed by atoms with Gasteiger partial charge >= 0.3 is 6.18 Å². The number of hydrogen-bond donors (Lipinski definition) is 1. The van der Waals surface area contributed by atoms with Gasteiger partial charge in [-0.2, -0.15) is 13.2 Å². The molecule has 1 aromatic heterocycles. The van der Waals surface area contributed by atoms with Gasteiger partial charge < -0.3 is 15.5 Å². The molecule has 8 heteroatoms. The van der Waals surface area contributed by atoms with Crippen molar-refractivity contribution < 1.29 is 13.2 Å². The number of alkyl halides is 3. The third-order valence-electron chi connectivity index (χ3n) is 3.29. The highest BCUT2D eigenvalue weighted by atomic mass is 19.4. The van der Waals surface area contributed by atoms with Crippen LogP contribution in [0, 0.1) is 0 Å². The molecule has 0 aliphatic carbocycles. The lowest BCUT2D eigenvalue weighted by Crippen LogP contribution is -2.18. The highest BCUT2D eigenvalue weighted by Crippen LogP contribution is 2.36. The Balaban J connectivity index is 2.44. The first kappa shape index (κ1) is 17.0. The maximum absolute atomic E-state index is 13.3. The second-order valence-corrected chi connectivity index (χ2v) is 5.44. The lowest BCUT2D eigenvalue weighted by molar-refractivity contribution is -0.138. The molecule has 0 aliphatic rings. The van der Waals surface area contributed by atoms with Crippen LogP contribution in [0.2, 0.25) is 0 Å². The molecule has 0 fully saturated rings. The zero-order valence-electron chi connectivity index (χ0n) is 13.1. The number of nitrogen functional groups attached to an aromatic ring is 1. The molecule has 0 unspecified atom stereocenters. The summed E-state index contributed by atoms with van der Waals surface area (Å²) in [6, 6.07) is 5.74. The second kappa shape index (κ2) is 6.41. The topological polar surface area (TPSA) is 58.3 Å². The van der Waals surface area contributed by atoms with Crippen LogP contribution in [0.1, 0.15) is 11.1 Å². The Morgan fingerprint density at radius 2 is 1.78 bits per heavy atom. The van der Waals surface area contributed by atoms with E-state index in [0.29, 0.717) is 11.5 Å². The van der Waals surface area contributed by atoms with Crippen LogP contribution in [0.5, 0.6) is 0 Å². The number of benzene rings is 1. The van der Waals surface area contributed by atoms with Gasteiger partial charge in [-0.1, -0.05) is 6.07 Å². The maximum Gasteiger partial charge on any atom is 0.416 e. The van der Waals surface area contributed by atoms with Crippen LogP contribution in [-0.2, 0) is 12.7 Å². The molecule has 23 heavy (non-hydrogen) atoms. The van der Waals surface area contributed by atoms with E-state index in [1.165, 1.54) is 23.4 Å². The fourth-order valence-electron chi connectivity index (χ4n) is 2.19. The van der Waals surface area contributed by atoms with Crippen molar-refractivity contribution in [1.82, 2.24) is 14.9 Å². The highest BCUT2D eigenvalue weighted by molar-refractivity contribution is 5.62. The Morgan fingerprint density at radius 1 is 1.09 bits per heavy atom. The van der Waals surface area contributed by atoms with Crippen molar-refractivity contribution in [3.8, 4) is 0 Å². The summed E-state index contributed by atoms with van der Waals surface area (Å²) in [4.78, 5) is 11.0. The molecular formula is C15H18F3N5. The zero-order chi connectivity index (χ0) is 17.2. The van der Waals surface area contributed by atoms with Crippen LogP contribution < -0.4 is 10.6 Å². The van der Waals surface area contributed by atoms with Crippen LogP contribution >= 0.6 is 0 Å². The van der Waals surface area contributed by atoms with Gasteiger partial charge in [0.1, 0.15) is 18.0 Å². The minimum Gasteiger partial charge on any atom is -0.384 e. The van der Waals surface area contributed by atoms with Crippen molar-refractivity contribution >= 4 is 17.3 Å².